The van der Waals surface area contributed by atoms with Gasteiger partial charge in [0.2, 0.25) is 0 Å². The number of hydrogen-bond acceptors (Lipinski definition) is 6. The van der Waals surface area contributed by atoms with E-state index in [1.807, 2.05) is 35.1 Å². The van der Waals surface area contributed by atoms with Crippen LogP contribution >= 0.6 is 0 Å². The van der Waals surface area contributed by atoms with Gasteiger partial charge in [-0.25, -0.2) is 14.5 Å². The lowest BCUT2D eigenvalue weighted by Crippen LogP contribution is -2.05. The van der Waals surface area contributed by atoms with Crippen molar-refractivity contribution in [2.24, 2.45) is 5.73 Å². The molecule has 0 bridgehead atoms. The molecule has 0 aliphatic carbocycles. The summed E-state index contributed by atoms with van der Waals surface area (Å²) in [5, 5.41) is 6.33. The van der Waals surface area contributed by atoms with Gasteiger partial charge in [0.1, 0.15) is 0 Å². The first-order chi connectivity index (χ1) is 15.1. The van der Waals surface area contributed by atoms with Crippen LogP contribution in [-0.2, 0) is 11.3 Å². The molecule has 9 heteroatoms. The Bertz CT molecular complexity index is 1510. The number of rotatable bonds is 5. The third-order valence-electron chi connectivity index (χ3n) is 5.38. The summed E-state index contributed by atoms with van der Waals surface area (Å²) >= 11 is 0. The van der Waals surface area contributed by atoms with E-state index in [4.69, 9.17) is 10.5 Å². The van der Waals surface area contributed by atoms with Crippen molar-refractivity contribution in [1.29, 1.82) is 0 Å². The van der Waals surface area contributed by atoms with Gasteiger partial charge in [-0.3, -0.25) is 4.79 Å². The molecule has 0 spiro atoms. The van der Waals surface area contributed by atoms with Crippen LogP contribution in [0.25, 0.3) is 38.5 Å². The van der Waals surface area contributed by atoms with Gasteiger partial charge in [-0.2, -0.15) is 5.10 Å². The number of aryl methyl sites for hydroxylation is 1. The molecule has 2 aromatic carbocycles. The van der Waals surface area contributed by atoms with Crippen LogP contribution < -0.4 is 11.3 Å². The van der Waals surface area contributed by atoms with E-state index in [1.54, 1.807) is 12.3 Å². The van der Waals surface area contributed by atoms with Gasteiger partial charge >= 0.3 is 5.97 Å². The van der Waals surface area contributed by atoms with E-state index < -0.39 is 5.97 Å². The van der Waals surface area contributed by atoms with Crippen molar-refractivity contribution in [3.05, 3.63) is 64.8 Å². The van der Waals surface area contributed by atoms with E-state index in [2.05, 4.69) is 19.6 Å². The Labute approximate surface area is 176 Å². The maximum atomic E-state index is 12.1. The quantitative estimate of drug-likeness (QED) is 0.424. The number of ether oxygens (including phenoxy) is 1. The second-order valence-electron chi connectivity index (χ2n) is 7.31. The lowest BCUT2D eigenvalue weighted by molar-refractivity contribution is 0.0601. The molecule has 0 fully saturated rings. The van der Waals surface area contributed by atoms with Crippen molar-refractivity contribution in [2.75, 3.05) is 13.7 Å². The summed E-state index contributed by atoms with van der Waals surface area (Å²) in [5.74, 6) is -0.396. The van der Waals surface area contributed by atoms with Gasteiger partial charge in [0, 0.05) is 23.5 Å². The molecule has 156 valence electrons. The maximum absolute atomic E-state index is 12.1. The van der Waals surface area contributed by atoms with Crippen molar-refractivity contribution >= 4 is 38.8 Å². The minimum absolute atomic E-state index is 0.252. The molecule has 9 nitrogen and oxygen atoms in total. The van der Waals surface area contributed by atoms with Gasteiger partial charge in [0.05, 0.1) is 52.8 Å². The zero-order chi connectivity index (χ0) is 21.5. The largest absolute Gasteiger partial charge is 0.465 e. The first kappa shape index (κ1) is 19.0. The average Bonchev–Trinajstić information content (AvgIpc) is 3.35. The first-order valence-corrected chi connectivity index (χ1v) is 9.87. The molecule has 0 aliphatic heterocycles. The summed E-state index contributed by atoms with van der Waals surface area (Å²) in [6.07, 6.45) is 5.84. The summed E-state index contributed by atoms with van der Waals surface area (Å²) in [6.45, 7) is 1.32. The monoisotopic (exact) mass is 416 g/mol. The standard InChI is InChI=1S/C22H20N6O3/c1-31-22(30)13-3-4-18-15(7-13)20(12-27(18)6-2-5-23)28-19-9-16-17(8-14(19)10-25-28)26-21(29)11-24-16/h3-4,7-12H,2,5-6,23H2,1H3,(H,26,29). The van der Waals surface area contributed by atoms with Gasteiger partial charge in [-0.1, -0.05) is 0 Å². The number of fused-ring (bicyclic) bond motifs is 3. The smallest absolute Gasteiger partial charge is 0.337 e. The molecule has 3 heterocycles. The van der Waals surface area contributed by atoms with E-state index in [-0.39, 0.29) is 5.56 Å². The second kappa shape index (κ2) is 7.37. The number of benzene rings is 2. The number of H-pyrrole nitrogens is 1. The molecule has 3 aromatic heterocycles. The van der Waals surface area contributed by atoms with Crippen LogP contribution in [-0.4, -0.2) is 43.9 Å². The molecule has 0 aliphatic rings. The molecule has 0 saturated carbocycles. The van der Waals surface area contributed by atoms with Gasteiger partial charge in [0.25, 0.3) is 5.56 Å². The van der Waals surface area contributed by atoms with Crippen molar-refractivity contribution in [3.8, 4) is 5.69 Å². The Hall–Kier alpha value is -3.98. The van der Waals surface area contributed by atoms with Crippen LogP contribution in [0.2, 0.25) is 0 Å². The Balaban J connectivity index is 1.76. The Morgan fingerprint density at radius 2 is 2.06 bits per heavy atom. The predicted molar refractivity (Wildman–Crippen MR) is 117 cm³/mol. The van der Waals surface area contributed by atoms with Crippen LogP contribution in [0.4, 0.5) is 0 Å². The summed E-state index contributed by atoms with van der Waals surface area (Å²) in [5.41, 5.74) is 9.89. The third-order valence-corrected chi connectivity index (χ3v) is 5.38. The number of aromatic amines is 1. The van der Waals surface area contributed by atoms with E-state index in [0.29, 0.717) is 23.1 Å². The minimum Gasteiger partial charge on any atom is -0.465 e. The molecule has 5 rings (SSSR count). The molecule has 0 radical (unpaired) electrons. The van der Waals surface area contributed by atoms with Crippen LogP contribution in [0.5, 0.6) is 0 Å². The SMILES string of the molecule is COC(=O)c1ccc2c(c1)c(-n1ncc3cc4[nH]c(=O)cnc4cc31)cn2CCCN. The Kier molecular flexibility index (Phi) is 4.52. The summed E-state index contributed by atoms with van der Waals surface area (Å²) in [4.78, 5) is 30.7. The van der Waals surface area contributed by atoms with Crippen LogP contribution in [0.3, 0.4) is 0 Å². The highest BCUT2D eigenvalue weighted by Crippen LogP contribution is 2.30. The fourth-order valence-corrected chi connectivity index (χ4v) is 3.89. The number of carbonyl (C=O) groups excluding carboxylic acids is 1. The van der Waals surface area contributed by atoms with Gasteiger partial charge in [-0.05, 0) is 43.3 Å². The van der Waals surface area contributed by atoms with Crippen molar-refractivity contribution in [2.45, 2.75) is 13.0 Å². The normalized spacial score (nSPS) is 11.5. The first-order valence-electron chi connectivity index (χ1n) is 9.87. The fourth-order valence-electron chi connectivity index (χ4n) is 3.89. The van der Waals surface area contributed by atoms with E-state index in [9.17, 15) is 9.59 Å². The molecule has 0 saturated heterocycles. The number of esters is 1. The summed E-state index contributed by atoms with van der Waals surface area (Å²) in [7, 11) is 1.36. The van der Waals surface area contributed by atoms with Crippen LogP contribution in [0.1, 0.15) is 16.8 Å². The van der Waals surface area contributed by atoms with Crippen molar-refractivity contribution in [1.82, 2.24) is 24.3 Å². The fraction of sp³-hybridized carbons (Fsp3) is 0.182. The van der Waals surface area contributed by atoms with Crippen LogP contribution in [0.15, 0.2) is 53.7 Å². The van der Waals surface area contributed by atoms with Crippen LogP contribution in [0, 0.1) is 0 Å². The zero-order valence-corrected chi connectivity index (χ0v) is 16.8. The molecule has 0 unspecified atom stereocenters. The Morgan fingerprint density at radius 3 is 2.87 bits per heavy atom. The van der Waals surface area contributed by atoms with E-state index in [0.717, 1.165) is 40.5 Å². The number of methoxy groups -OCH3 is 1. The molecule has 0 amide bonds. The molecule has 0 atom stereocenters. The number of carbonyl (C=O) groups is 1. The number of nitrogens with two attached hydrogens (primary N) is 1. The predicted octanol–water partition coefficient (Wildman–Crippen LogP) is 2.35. The van der Waals surface area contributed by atoms with E-state index >= 15 is 0 Å². The number of nitrogens with zero attached hydrogens (tertiary/aromatic N) is 4. The van der Waals surface area contributed by atoms with Gasteiger partial charge < -0.3 is 20.0 Å². The van der Waals surface area contributed by atoms with Crippen molar-refractivity contribution in [3.63, 3.8) is 0 Å². The number of nitrogens with one attached hydrogen (secondary N) is 1. The molecular weight excluding hydrogens is 396 g/mol. The van der Waals surface area contributed by atoms with Gasteiger partial charge in [-0.15, -0.1) is 0 Å². The average molecular weight is 416 g/mol. The van der Waals surface area contributed by atoms with E-state index in [1.165, 1.54) is 13.3 Å². The van der Waals surface area contributed by atoms with Crippen molar-refractivity contribution < 1.29 is 9.53 Å². The lowest BCUT2D eigenvalue weighted by atomic mass is 10.1. The highest BCUT2D eigenvalue weighted by atomic mass is 16.5. The topological polar surface area (TPSA) is 121 Å². The minimum atomic E-state index is -0.396. The third kappa shape index (κ3) is 3.15. The highest BCUT2D eigenvalue weighted by molar-refractivity contribution is 5.99. The summed E-state index contributed by atoms with van der Waals surface area (Å²) in [6, 6.07) is 9.23. The molecule has 5 aromatic rings. The maximum Gasteiger partial charge on any atom is 0.337 e. The zero-order valence-electron chi connectivity index (χ0n) is 16.8. The molecule has 31 heavy (non-hydrogen) atoms. The molecule has 3 N–H and O–H groups in total. The Morgan fingerprint density at radius 1 is 1.19 bits per heavy atom. The lowest BCUT2D eigenvalue weighted by Gasteiger charge is -2.05. The van der Waals surface area contributed by atoms with Gasteiger partial charge in [0.15, 0.2) is 0 Å². The highest BCUT2D eigenvalue weighted by Gasteiger charge is 2.16. The number of hydrogen-bond donors (Lipinski definition) is 2. The molecular formula is C22H20N6O3. The number of aromatic nitrogens is 5. The second-order valence-corrected chi connectivity index (χ2v) is 7.31. The summed E-state index contributed by atoms with van der Waals surface area (Å²) < 4.78 is 8.83.